The van der Waals surface area contributed by atoms with Crippen molar-refractivity contribution in [1.29, 1.82) is 0 Å². The van der Waals surface area contributed by atoms with Gasteiger partial charge < -0.3 is 15.0 Å². The summed E-state index contributed by atoms with van der Waals surface area (Å²) in [7, 11) is 2.04. The van der Waals surface area contributed by atoms with Crippen LogP contribution in [0.25, 0.3) is 0 Å². The van der Waals surface area contributed by atoms with E-state index in [2.05, 4.69) is 10.2 Å². The summed E-state index contributed by atoms with van der Waals surface area (Å²) in [5, 5.41) is 2.42. The molecule has 1 heterocycles. The molecule has 0 bridgehead atoms. The molecule has 1 N–H and O–H groups in total. The van der Waals surface area contributed by atoms with Gasteiger partial charge in [-0.25, -0.2) is 8.78 Å². The van der Waals surface area contributed by atoms with Crippen molar-refractivity contribution in [3.8, 4) is 5.75 Å². The van der Waals surface area contributed by atoms with Crippen LogP contribution in [0, 0.1) is 11.6 Å². The van der Waals surface area contributed by atoms with Crippen LogP contribution in [-0.2, 0) is 0 Å². The molecule has 1 fully saturated rings. The second-order valence-electron chi connectivity index (χ2n) is 6.32. The van der Waals surface area contributed by atoms with Crippen LogP contribution in [0.3, 0.4) is 0 Å². The minimum absolute atomic E-state index is 0.0131. The fourth-order valence-electron chi connectivity index (χ4n) is 2.84. The van der Waals surface area contributed by atoms with Crippen molar-refractivity contribution >= 4 is 23.2 Å². The predicted octanol–water partition coefficient (Wildman–Crippen LogP) is 4.34. The zero-order chi connectivity index (χ0) is 18.7. The van der Waals surface area contributed by atoms with Crippen molar-refractivity contribution in [2.45, 2.75) is 18.9 Å². The molecule has 7 heteroatoms. The molecule has 1 saturated heterocycles. The average Bonchev–Trinajstić information content (AvgIpc) is 2.60. The maximum absolute atomic E-state index is 14.7. The smallest absolute Gasteiger partial charge is 0.257 e. The molecule has 1 aliphatic rings. The van der Waals surface area contributed by atoms with E-state index < -0.39 is 17.5 Å². The van der Waals surface area contributed by atoms with Gasteiger partial charge in [0.05, 0.1) is 16.3 Å². The fourth-order valence-corrected chi connectivity index (χ4v) is 3.10. The van der Waals surface area contributed by atoms with Crippen molar-refractivity contribution in [3.05, 3.63) is 58.6 Å². The first kappa shape index (κ1) is 18.6. The standard InChI is InChI=1S/C19H19ClF2N2O2/c1-24-9-7-13(8-10-24)26-17-4-2-3-16(18(17)22)23-19(25)14-6-5-12(21)11-15(14)20/h2-6,11,13H,7-10H2,1H3,(H,23,25). The van der Waals surface area contributed by atoms with Crippen molar-refractivity contribution in [1.82, 2.24) is 4.90 Å². The van der Waals surface area contributed by atoms with Gasteiger partial charge >= 0.3 is 0 Å². The van der Waals surface area contributed by atoms with Crippen LogP contribution in [0.2, 0.25) is 5.02 Å². The highest BCUT2D eigenvalue weighted by molar-refractivity contribution is 6.34. The molecule has 4 nitrogen and oxygen atoms in total. The highest BCUT2D eigenvalue weighted by Crippen LogP contribution is 2.28. The third-order valence-electron chi connectivity index (χ3n) is 4.35. The summed E-state index contributed by atoms with van der Waals surface area (Å²) < 4.78 is 33.6. The first-order valence-corrected chi connectivity index (χ1v) is 8.72. The third kappa shape index (κ3) is 4.31. The Morgan fingerprint density at radius 1 is 1.23 bits per heavy atom. The van der Waals surface area contributed by atoms with Gasteiger partial charge in [-0.2, -0.15) is 0 Å². The first-order chi connectivity index (χ1) is 12.4. The molecule has 0 spiro atoms. The number of hydrogen-bond acceptors (Lipinski definition) is 3. The summed E-state index contributed by atoms with van der Waals surface area (Å²) in [4.78, 5) is 14.5. The summed E-state index contributed by atoms with van der Waals surface area (Å²) in [5.41, 5.74) is 0.0509. The quantitative estimate of drug-likeness (QED) is 0.857. The molecule has 0 radical (unpaired) electrons. The SMILES string of the molecule is CN1CCC(Oc2cccc(NC(=O)c3ccc(F)cc3Cl)c2F)CC1. The third-order valence-corrected chi connectivity index (χ3v) is 4.66. The Morgan fingerprint density at radius 2 is 1.96 bits per heavy atom. The number of hydrogen-bond donors (Lipinski definition) is 1. The molecular formula is C19H19ClF2N2O2. The van der Waals surface area contributed by atoms with Crippen LogP contribution in [0.1, 0.15) is 23.2 Å². The summed E-state index contributed by atoms with van der Waals surface area (Å²) in [6.45, 7) is 1.79. The van der Waals surface area contributed by atoms with Gasteiger partial charge in [0.1, 0.15) is 11.9 Å². The Kier molecular flexibility index (Phi) is 5.74. The zero-order valence-corrected chi connectivity index (χ0v) is 15.0. The molecule has 0 aromatic heterocycles. The molecule has 0 unspecified atom stereocenters. The number of halogens is 3. The molecule has 138 valence electrons. The van der Waals surface area contributed by atoms with Crippen molar-refractivity contribution in [3.63, 3.8) is 0 Å². The van der Waals surface area contributed by atoms with Crippen LogP contribution in [-0.4, -0.2) is 37.0 Å². The van der Waals surface area contributed by atoms with E-state index in [9.17, 15) is 13.6 Å². The number of nitrogens with one attached hydrogen (secondary N) is 1. The van der Waals surface area contributed by atoms with Gasteiger partial charge in [0.15, 0.2) is 11.6 Å². The van der Waals surface area contributed by atoms with Crippen LogP contribution in [0.4, 0.5) is 14.5 Å². The van der Waals surface area contributed by atoms with Crippen LogP contribution < -0.4 is 10.1 Å². The van der Waals surface area contributed by atoms with Crippen LogP contribution >= 0.6 is 11.6 Å². The van der Waals surface area contributed by atoms with E-state index >= 15 is 0 Å². The van der Waals surface area contributed by atoms with E-state index in [1.165, 1.54) is 18.2 Å². The molecule has 0 saturated carbocycles. The van der Waals surface area contributed by atoms with Crippen LogP contribution in [0.15, 0.2) is 36.4 Å². The summed E-state index contributed by atoms with van der Waals surface area (Å²) in [6, 6.07) is 7.99. The van der Waals surface area contributed by atoms with E-state index in [4.69, 9.17) is 16.3 Å². The molecular weight excluding hydrogens is 362 g/mol. The number of likely N-dealkylation sites (tertiary alicyclic amines) is 1. The van der Waals surface area contributed by atoms with Gasteiger partial charge in [-0.15, -0.1) is 0 Å². The summed E-state index contributed by atoms with van der Waals surface area (Å²) >= 11 is 5.88. The lowest BCUT2D eigenvalue weighted by Gasteiger charge is -2.29. The fraction of sp³-hybridized carbons (Fsp3) is 0.316. The van der Waals surface area contributed by atoms with E-state index in [-0.39, 0.29) is 28.1 Å². The maximum atomic E-state index is 14.7. The largest absolute Gasteiger partial charge is 0.487 e. The topological polar surface area (TPSA) is 41.6 Å². The van der Waals surface area contributed by atoms with Gasteiger partial charge in [-0.3, -0.25) is 4.79 Å². The maximum Gasteiger partial charge on any atom is 0.257 e. The molecule has 3 rings (SSSR count). The Labute approximate surface area is 155 Å². The normalized spacial score (nSPS) is 15.7. The summed E-state index contributed by atoms with van der Waals surface area (Å²) in [6.07, 6.45) is 1.58. The van der Waals surface area contributed by atoms with Gasteiger partial charge in [0.25, 0.3) is 5.91 Å². The number of anilines is 1. The molecule has 2 aromatic carbocycles. The van der Waals surface area contributed by atoms with E-state index in [1.54, 1.807) is 6.07 Å². The van der Waals surface area contributed by atoms with Gasteiger partial charge in [-0.05, 0) is 50.2 Å². The lowest BCUT2D eigenvalue weighted by Crippen LogP contribution is -2.35. The van der Waals surface area contributed by atoms with Gasteiger partial charge in [0, 0.05) is 13.1 Å². The highest BCUT2D eigenvalue weighted by atomic mass is 35.5. The number of nitrogens with zero attached hydrogens (tertiary/aromatic N) is 1. The predicted molar refractivity (Wildman–Crippen MR) is 96.9 cm³/mol. The molecule has 1 amide bonds. The van der Waals surface area contributed by atoms with Crippen molar-refractivity contribution in [2.24, 2.45) is 0 Å². The van der Waals surface area contributed by atoms with E-state index in [1.807, 2.05) is 7.05 Å². The average molecular weight is 381 g/mol. The number of amides is 1. The molecule has 0 aliphatic carbocycles. The number of ether oxygens (including phenoxy) is 1. The molecule has 2 aromatic rings. The monoisotopic (exact) mass is 380 g/mol. The molecule has 1 aliphatic heterocycles. The van der Waals surface area contributed by atoms with Crippen molar-refractivity contribution in [2.75, 3.05) is 25.5 Å². The van der Waals surface area contributed by atoms with Crippen LogP contribution in [0.5, 0.6) is 5.75 Å². The molecule has 26 heavy (non-hydrogen) atoms. The van der Waals surface area contributed by atoms with Gasteiger partial charge in [0.2, 0.25) is 0 Å². The Morgan fingerprint density at radius 3 is 2.65 bits per heavy atom. The highest BCUT2D eigenvalue weighted by Gasteiger charge is 2.21. The minimum Gasteiger partial charge on any atom is -0.487 e. The van der Waals surface area contributed by atoms with Gasteiger partial charge in [-0.1, -0.05) is 17.7 Å². The first-order valence-electron chi connectivity index (χ1n) is 8.34. The number of benzene rings is 2. The minimum atomic E-state index is -0.641. The Balaban J connectivity index is 1.73. The van der Waals surface area contributed by atoms with Crippen molar-refractivity contribution < 1.29 is 18.3 Å². The second kappa shape index (κ2) is 8.01. The summed E-state index contributed by atoms with van der Waals surface area (Å²) in [5.74, 6) is -1.71. The number of piperidine rings is 1. The van der Waals surface area contributed by atoms with E-state index in [0.29, 0.717) is 0 Å². The number of rotatable bonds is 4. The van der Waals surface area contributed by atoms with E-state index in [0.717, 1.165) is 38.1 Å². The Bertz CT molecular complexity index is 808. The number of carbonyl (C=O) groups is 1. The number of carbonyl (C=O) groups excluding carboxylic acids is 1. The lowest BCUT2D eigenvalue weighted by molar-refractivity contribution is 0.102. The zero-order valence-electron chi connectivity index (χ0n) is 14.3. The molecule has 0 atom stereocenters. The Hall–Kier alpha value is -2.18. The lowest BCUT2D eigenvalue weighted by atomic mass is 10.1. The second-order valence-corrected chi connectivity index (χ2v) is 6.72.